The molecule has 0 amide bonds. The van der Waals surface area contributed by atoms with Gasteiger partial charge in [0.2, 0.25) is 0 Å². The molecule has 0 atom stereocenters. The number of likely N-dealkylation sites (N-methyl/N-ethyl adjacent to an activating group) is 1. The maximum Gasteiger partial charge on any atom is 0.0949 e. The van der Waals surface area contributed by atoms with E-state index in [9.17, 15) is 0 Å². The standard InChI is InChI=1S/C8H18N2O2/c1-9-3-5-10(6-4-9)7-8-12-11-2/h3-8H2,1-2H3. The molecule has 4 nitrogen and oxygen atoms in total. The van der Waals surface area contributed by atoms with Gasteiger partial charge >= 0.3 is 0 Å². The zero-order valence-electron chi connectivity index (χ0n) is 7.95. The van der Waals surface area contributed by atoms with Crippen LogP contribution in [0.5, 0.6) is 0 Å². The summed E-state index contributed by atoms with van der Waals surface area (Å²) < 4.78 is 0. The van der Waals surface area contributed by atoms with Gasteiger partial charge in [-0.15, -0.1) is 0 Å². The molecule has 0 radical (unpaired) electrons. The average molecular weight is 174 g/mol. The minimum Gasteiger partial charge on any atom is -0.304 e. The van der Waals surface area contributed by atoms with Crippen molar-refractivity contribution in [2.75, 3.05) is 53.5 Å². The van der Waals surface area contributed by atoms with Crippen molar-refractivity contribution < 1.29 is 9.78 Å². The lowest BCUT2D eigenvalue weighted by atomic mass is 10.3. The Hall–Kier alpha value is -0.160. The molecule has 0 aliphatic carbocycles. The summed E-state index contributed by atoms with van der Waals surface area (Å²) in [6, 6.07) is 0. The van der Waals surface area contributed by atoms with Gasteiger partial charge in [0.1, 0.15) is 0 Å². The quantitative estimate of drug-likeness (QED) is 0.335. The number of rotatable bonds is 4. The van der Waals surface area contributed by atoms with Crippen LogP contribution in [-0.4, -0.2) is 63.3 Å². The third-order valence-electron chi connectivity index (χ3n) is 2.20. The summed E-state index contributed by atoms with van der Waals surface area (Å²) in [6.07, 6.45) is 0. The second-order valence-electron chi connectivity index (χ2n) is 3.13. The van der Waals surface area contributed by atoms with E-state index in [1.807, 2.05) is 0 Å². The Balaban J connectivity index is 2.01. The third kappa shape index (κ3) is 3.49. The fraction of sp³-hybridized carbons (Fsp3) is 1.00. The van der Waals surface area contributed by atoms with Crippen molar-refractivity contribution in [3.05, 3.63) is 0 Å². The van der Waals surface area contributed by atoms with E-state index in [1.54, 1.807) is 7.11 Å². The SMILES string of the molecule is COOCCN1CCN(C)CC1. The van der Waals surface area contributed by atoms with E-state index >= 15 is 0 Å². The van der Waals surface area contributed by atoms with Gasteiger partial charge in [0.15, 0.2) is 0 Å². The Morgan fingerprint density at radius 3 is 2.42 bits per heavy atom. The fourth-order valence-corrected chi connectivity index (χ4v) is 1.32. The highest BCUT2D eigenvalue weighted by atomic mass is 17.2. The Labute approximate surface area is 74.0 Å². The molecule has 12 heavy (non-hydrogen) atoms. The average Bonchev–Trinajstić information content (AvgIpc) is 2.09. The van der Waals surface area contributed by atoms with Gasteiger partial charge in [-0.05, 0) is 7.05 Å². The highest BCUT2D eigenvalue weighted by Crippen LogP contribution is 1.97. The summed E-state index contributed by atoms with van der Waals surface area (Å²) in [4.78, 5) is 14.1. The van der Waals surface area contributed by atoms with Gasteiger partial charge in [0.05, 0.1) is 13.7 Å². The minimum absolute atomic E-state index is 0.667. The first kappa shape index (κ1) is 9.92. The number of nitrogens with zero attached hydrogens (tertiary/aromatic N) is 2. The van der Waals surface area contributed by atoms with Crippen molar-refractivity contribution in [3.8, 4) is 0 Å². The predicted molar refractivity (Wildman–Crippen MR) is 46.9 cm³/mol. The Morgan fingerprint density at radius 2 is 1.83 bits per heavy atom. The molecule has 72 valence electrons. The van der Waals surface area contributed by atoms with Gasteiger partial charge in [0.25, 0.3) is 0 Å². The summed E-state index contributed by atoms with van der Waals surface area (Å²) in [7, 11) is 3.70. The summed E-state index contributed by atoms with van der Waals surface area (Å²) in [6.45, 7) is 6.25. The zero-order chi connectivity index (χ0) is 8.81. The van der Waals surface area contributed by atoms with E-state index in [1.165, 1.54) is 0 Å². The van der Waals surface area contributed by atoms with E-state index in [0.717, 1.165) is 32.7 Å². The van der Waals surface area contributed by atoms with E-state index < -0.39 is 0 Å². The fourth-order valence-electron chi connectivity index (χ4n) is 1.32. The van der Waals surface area contributed by atoms with Crippen LogP contribution in [-0.2, 0) is 9.78 Å². The van der Waals surface area contributed by atoms with Crippen LogP contribution in [0.1, 0.15) is 0 Å². The van der Waals surface area contributed by atoms with Crippen LogP contribution < -0.4 is 0 Å². The maximum absolute atomic E-state index is 4.81. The number of hydrogen-bond acceptors (Lipinski definition) is 4. The van der Waals surface area contributed by atoms with Crippen LogP contribution in [0.3, 0.4) is 0 Å². The van der Waals surface area contributed by atoms with Crippen molar-refractivity contribution in [1.29, 1.82) is 0 Å². The van der Waals surface area contributed by atoms with Crippen LogP contribution in [0.4, 0.5) is 0 Å². The van der Waals surface area contributed by atoms with Gasteiger partial charge in [-0.2, -0.15) is 0 Å². The molecule has 1 heterocycles. The largest absolute Gasteiger partial charge is 0.304 e. The Bertz CT molecular complexity index is 114. The van der Waals surface area contributed by atoms with Crippen LogP contribution in [0.25, 0.3) is 0 Å². The Morgan fingerprint density at radius 1 is 1.17 bits per heavy atom. The van der Waals surface area contributed by atoms with Gasteiger partial charge in [0, 0.05) is 32.7 Å². The normalized spacial score (nSPS) is 21.5. The molecular formula is C8H18N2O2. The highest BCUT2D eigenvalue weighted by Gasteiger charge is 2.12. The van der Waals surface area contributed by atoms with Crippen LogP contribution in [0.15, 0.2) is 0 Å². The molecule has 0 saturated carbocycles. The van der Waals surface area contributed by atoms with E-state index in [4.69, 9.17) is 4.89 Å². The lowest BCUT2D eigenvalue weighted by Crippen LogP contribution is -2.45. The minimum atomic E-state index is 0.667. The van der Waals surface area contributed by atoms with Crippen LogP contribution in [0.2, 0.25) is 0 Å². The first-order chi connectivity index (χ1) is 5.83. The maximum atomic E-state index is 4.81. The van der Waals surface area contributed by atoms with E-state index in [-0.39, 0.29) is 0 Å². The molecule has 1 aliphatic rings. The topological polar surface area (TPSA) is 24.9 Å². The first-order valence-corrected chi connectivity index (χ1v) is 4.39. The summed E-state index contributed by atoms with van der Waals surface area (Å²) >= 11 is 0. The molecule has 0 bridgehead atoms. The van der Waals surface area contributed by atoms with Crippen molar-refractivity contribution in [2.24, 2.45) is 0 Å². The summed E-state index contributed by atoms with van der Waals surface area (Å²) in [5.74, 6) is 0. The van der Waals surface area contributed by atoms with Gasteiger partial charge in [-0.25, -0.2) is 9.78 Å². The molecule has 0 aromatic carbocycles. The first-order valence-electron chi connectivity index (χ1n) is 4.39. The smallest absolute Gasteiger partial charge is 0.0949 e. The molecule has 1 rings (SSSR count). The number of piperazine rings is 1. The zero-order valence-corrected chi connectivity index (χ0v) is 7.95. The summed E-state index contributed by atoms with van der Waals surface area (Å²) in [5.41, 5.74) is 0. The van der Waals surface area contributed by atoms with Crippen LogP contribution in [0, 0.1) is 0 Å². The van der Waals surface area contributed by atoms with E-state index in [2.05, 4.69) is 21.7 Å². The molecule has 0 N–H and O–H groups in total. The molecule has 0 spiro atoms. The third-order valence-corrected chi connectivity index (χ3v) is 2.20. The van der Waals surface area contributed by atoms with Crippen molar-refractivity contribution >= 4 is 0 Å². The molecule has 1 saturated heterocycles. The lowest BCUT2D eigenvalue weighted by molar-refractivity contribution is -0.273. The lowest BCUT2D eigenvalue weighted by Gasteiger charge is -2.31. The van der Waals surface area contributed by atoms with Crippen molar-refractivity contribution in [2.45, 2.75) is 0 Å². The van der Waals surface area contributed by atoms with Gasteiger partial charge in [-0.1, -0.05) is 0 Å². The number of hydrogen-bond donors (Lipinski definition) is 0. The second-order valence-corrected chi connectivity index (χ2v) is 3.13. The molecule has 0 aromatic heterocycles. The molecule has 1 aliphatic heterocycles. The second kappa shape index (κ2) is 5.48. The molecule has 0 aromatic rings. The van der Waals surface area contributed by atoms with Crippen LogP contribution >= 0.6 is 0 Å². The Kier molecular flexibility index (Phi) is 4.53. The summed E-state index contributed by atoms with van der Waals surface area (Å²) in [5, 5.41) is 0. The van der Waals surface area contributed by atoms with Crippen molar-refractivity contribution in [3.63, 3.8) is 0 Å². The molecule has 4 heteroatoms. The molecule has 0 unspecified atom stereocenters. The molecule has 1 fully saturated rings. The highest BCUT2D eigenvalue weighted by molar-refractivity contribution is 4.68. The predicted octanol–water partition coefficient (Wildman–Crippen LogP) is -0.188. The molecular weight excluding hydrogens is 156 g/mol. The monoisotopic (exact) mass is 174 g/mol. The van der Waals surface area contributed by atoms with Gasteiger partial charge in [-0.3, -0.25) is 4.90 Å². The van der Waals surface area contributed by atoms with Crippen molar-refractivity contribution in [1.82, 2.24) is 9.80 Å². The van der Waals surface area contributed by atoms with E-state index in [0.29, 0.717) is 6.61 Å². The van der Waals surface area contributed by atoms with Gasteiger partial charge < -0.3 is 4.90 Å².